The molecule has 84 valence electrons. The third-order valence-electron chi connectivity index (χ3n) is 2.25. The molecule has 0 spiro atoms. The highest BCUT2D eigenvalue weighted by Crippen LogP contribution is 2.14. The molecule has 0 radical (unpaired) electrons. The molecule has 0 aliphatic rings. The smallest absolute Gasteiger partial charge is 0.200 e. The Kier molecular flexibility index (Phi) is 3.08. The van der Waals surface area contributed by atoms with Crippen LogP contribution in [-0.4, -0.2) is 25.3 Å². The minimum atomic E-state index is -0.0304. The van der Waals surface area contributed by atoms with Crippen molar-refractivity contribution in [1.29, 1.82) is 0 Å². The summed E-state index contributed by atoms with van der Waals surface area (Å²) in [5.74, 6) is -0.0304. The molecule has 0 aromatic carbocycles. The second-order valence-electron chi connectivity index (χ2n) is 3.42. The third-order valence-corrected chi connectivity index (χ3v) is 3.04. The first kappa shape index (κ1) is 11.3. The fourth-order valence-electron chi connectivity index (χ4n) is 1.42. The van der Waals surface area contributed by atoms with Crippen LogP contribution in [0.5, 0.6) is 0 Å². The summed E-state index contributed by atoms with van der Waals surface area (Å²) in [7, 11) is 1.80. The molecule has 0 amide bonds. The van der Waals surface area contributed by atoms with Gasteiger partial charge < -0.3 is 0 Å². The number of aromatic nitrogens is 4. The van der Waals surface area contributed by atoms with Gasteiger partial charge in [0.25, 0.3) is 0 Å². The minimum Gasteiger partial charge on any atom is -0.288 e. The Morgan fingerprint density at radius 2 is 2.25 bits per heavy atom. The molecule has 0 aliphatic heterocycles. The predicted molar refractivity (Wildman–Crippen MR) is 67.3 cm³/mol. The number of hydrogen-bond donors (Lipinski definition) is 0. The summed E-state index contributed by atoms with van der Waals surface area (Å²) in [5.41, 5.74) is 1.23. The molecule has 2 aromatic heterocycles. The van der Waals surface area contributed by atoms with Gasteiger partial charge in [-0.25, -0.2) is 0 Å². The van der Waals surface area contributed by atoms with E-state index in [1.165, 1.54) is 0 Å². The highest BCUT2D eigenvalue weighted by Gasteiger charge is 2.16. The maximum atomic E-state index is 12.1. The van der Waals surface area contributed by atoms with Crippen molar-refractivity contribution in [1.82, 2.24) is 19.6 Å². The van der Waals surface area contributed by atoms with Gasteiger partial charge in [0.15, 0.2) is 5.78 Å². The van der Waals surface area contributed by atoms with E-state index in [0.717, 1.165) is 6.54 Å². The van der Waals surface area contributed by atoms with Crippen molar-refractivity contribution in [3.8, 4) is 0 Å². The van der Waals surface area contributed by atoms with Gasteiger partial charge in [-0.2, -0.15) is 10.2 Å². The fraction of sp³-hybridized carbons (Fsp3) is 0.300. The van der Waals surface area contributed by atoms with Gasteiger partial charge in [-0.1, -0.05) is 0 Å². The van der Waals surface area contributed by atoms with Crippen molar-refractivity contribution in [2.75, 3.05) is 0 Å². The van der Waals surface area contributed by atoms with Crippen molar-refractivity contribution < 1.29 is 4.79 Å². The number of nitrogens with zero attached hydrogens (tertiary/aromatic N) is 4. The summed E-state index contributed by atoms with van der Waals surface area (Å²) in [6.07, 6.45) is 5.08. The molecule has 2 aromatic rings. The molecule has 0 N–H and O–H groups in total. The van der Waals surface area contributed by atoms with Crippen molar-refractivity contribution in [3.63, 3.8) is 0 Å². The van der Waals surface area contributed by atoms with Crippen molar-refractivity contribution in [3.05, 3.63) is 33.4 Å². The Balaban J connectivity index is 2.35. The van der Waals surface area contributed by atoms with E-state index in [1.54, 1.807) is 35.0 Å². The summed E-state index contributed by atoms with van der Waals surface area (Å²) in [6, 6.07) is 0. The van der Waals surface area contributed by atoms with E-state index < -0.39 is 0 Å². The Morgan fingerprint density at radius 3 is 2.75 bits per heavy atom. The first-order valence-corrected chi connectivity index (χ1v) is 5.96. The van der Waals surface area contributed by atoms with Gasteiger partial charge in [0.1, 0.15) is 3.70 Å². The lowest BCUT2D eigenvalue weighted by Gasteiger charge is -1.93. The molecule has 0 saturated carbocycles. The van der Waals surface area contributed by atoms with E-state index in [1.807, 2.05) is 6.92 Å². The predicted octanol–water partition coefficient (Wildman–Crippen LogP) is 1.47. The zero-order valence-electron chi connectivity index (χ0n) is 9.01. The number of carbonyl (C=O) groups excluding carboxylic acids is 1. The highest BCUT2D eigenvalue weighted by atomic mass is 127. The van der Waals surface area contributed by atoms with Crippen molar-refractivity contribution >= 4 is 28.4 Å². The Morgan fingerprint density at radius 1 is 1.50 bits per heavy atom. The van der Waals surface area contributed by atoms with Crippen LogP contribution in [-0.2, 0) is 13.6 Å². The molecule has 0 fully saturated rings. The highest BCUT2D eigenvalue weighted by molar-refractivity contribution is 14.1. The van der Waals surface area contributed by atoms with E-state index in [9.17, 15) is 4.79 Å². The number of halogens is 1. The third kappa shape index (κ3) is 2.01. The summed E-state index contributed by atoms with van der Waals surface area (Å²) in [6.45, 7) is 2.74. The average molecular weight is 330 g/mol. The Hall–Kier alpha value is -1.18. The second-order valence-corrected chi connectivity index (χ2v) is 4.44. The maximum absolute atomic E-state index is 12.1. The largest absolute Gasteiger partial charge is 0.288 e. The molecular formula is C10H11IN4O. The molecule has 2 heterocycles. The standard InChI is InChI=1S/C10H11IN4O/c1-3-15-5-7(4-12-15)9(16)8-6-14(2)13-10(8)11/h4-6H,3H2,1-2H3. The topological polar surface area (TPSA) is 52.7 Å². The van der Waals surface area contributed by atoms with Crippen molar-refractivity contribution in [2.24, 2.45) is 7.05 Å². The van der Waals surface area contributed by atoms with Crippen LogP contribution >= 0.6 is 22.6 Å². The zero-order valence-corrected chi connectivity index (χ0v) is 11.2. The second kappa shape index (κ2) is 4.36. The van der Waals surface area contributed by atoms with Crippen LogP contribution in [0, 0.1) is 3.70 Å². The lowest BCUT2D eigenvalue weighted by molar-refractivity contribution is 0.103. The Labute approximate surface area is 107 Å². The molecule has 0 atom stereocenters. The minimum absolute atomic E-state index is 0.0304. The quantitative estimate of drug-likeness (QED) is 0.633. The van der Waals surface area contributed by atoms with Crippen LogP contribution in [0.25, 0.3) is 0 Å². The van der Waals surface area contributed by atoms with Crippen LogP contribution in [0.2, 0.25) is 0 Å². The van der Waals surface area contributed by atoms with E-state index >= 15 is 0 Å². The first-order chi connectivity index (χ1) is 7.61. The van der Waals surface area contributed by atoms with Gasteiger partial charge in [-0.3, -0.25) is 14.2 Å². The number of ketones is 1. The molecule has 2 rings (SSSR count). The zero-order chi connectivity index (χ0) is 11.7. The monoisotopic (exact) mass is 330 g/mol. The van der Waals surface area contributed by atoms with Crippen LogP contribution in [0.1, 0.15) is 22.8 Å². The number of rotatable bonds is 3. The number of carbonyl (C=O) groups is 1. The summed E-state index contributed by atoms with van der Waals surface area (Å²) in [4.78, 5) is 12.1. The van der Waals surface area contributed by atoms with Crippen LogP contribution in [0.4, 0.5) is 0 Å². The van der Waals surface area contributed by atoms with E-state index in [2.05, 4.69) is 32.8 Å². The first-order valence-electron chi connectivity index (χ1n) is 4.88. The Bertz CT molecular complexity index is 529. The van der Waals surface area contributed by atoms with Crippen LogP contribution in [0.15, 0.2) is 18.6 Å². The van der Waals surface area contributed by atoms with Gasteiger partial charge in [0.05, 0.1) is 17.3 Å². The summed E-state index contributed by atoms with van der Waals surface area (Å²) >= 11 is 2.06. The summed E-state index contributed by atoms with van der Waals surface area (Å²) in [5, 5.41) is 8.22. The number of aryl methyl sites for hydroxylation is 2. The van der Waals surface area contributed by atoms with Gasteiger partial charge in [0.2, 0.25) is 0 Å². The lowest BCUT2D eigenvalue weighted by atomic mass is 10.1. The average Bonchev–Trinajstić information content (AvgIpc) is 2.84. The van der Waals surface area contributed by atoms with Crippen LogP contribution in [0.3, 0.4) is 0 Å². The SMILES string of the molecule is CCn1cc(C(=O)c2cn(C)nc2I)cn1. The molecule has 0 unspecified atom stereocenters. The van der Waals surface area contributed by atoms with E-state index in [-0.39, 0.29) is 5.78 Å². The van der Waals surface area contributed by atoms with Crippen molar-refractivity contribution in [2.45, 2.75) is 13.5 Å². The molecular weight excluding hydrogens is 319 g/mol. The molecule has 0 bridgehead atoms. The molecule has 16 heavy (non-hydrogen) atoms. The van der Waals surface area contributed by atoms with Gasteiger partial charge in [-0.05, 0) is 29.5 Å². The molecule has 5 nitrogen and oxygen atoms in total. The summed E-state index contributed by atoms with van der Waals surface area (Å²) < 4.78 is 4.09. The van der Waals surface area contributed by atoms with Gasteiger partial charge in [-0.15, -0.1) is 0 Å². The van der Waals surface area contributed by atoms with Gasteiger partial charge in [0, 0.05) is 26.0 Å². The van der Waals surface area contributed by atoms with E-state index in [4.69, 9.17) is 0 Å². The van der Waals surface area contributed by atoms with E-state index in [0.29, 0.717) is 14.8 Å². The molecule has 0 aliphatic carbocycles. The fourth-order valence-corrected chi connectivity index (χ4v) is 2.15. The lowest BCUT2D eigenvalue weighted by Crippen LogP contribution is -2.01. The molecule has 0 saturated heterocycles. The maximum Gasteiger partial charge on any atom is 0.200 e. The number of hydrogen-bond acceptors (Lipinski definition) is 3. The molecule has 6 heteroatoms. The van der Waals surface area contributed by atoms with Gasteiger partial charge >= 0.3 is 0 Å². The van der Waals surface area contributed by atoms with Crippen LogP contribution < -0.4 is 0 Å². The normalized spacial score (nSPS) is 10.7.